The van der Waals surface area contributed by atoms with Crippen LogP contribution < -0.4 is 0 Å². The number of nitrogens with zero attached hydrogens (tertiary/aromatic N) is 3. The third kappa shape index (κ3) is 1.90. The monoisotopic (exact) mass is 240 g/mol. The van der Waals surface area contributed by atoms with Crippen LogP contribution in [-0.4, -0.2) is 20.4 Å². The van der Waals surface area contributed by atoms with Crippen LogP contribution in [0.1, 0.15) is 11.3 Å². The van der Waals surface area contributed by atoms with Gasteiger partial charge in [-0.05, 0) is 32.0 Å². The minimum absolute atomic E-state index is 0.426. The Labute approximate surface area is 104 Å². The van der Waals surface area contributed by atoms with Crippen LogP contribution in [0.4, 0.5) is 0 Å². The van der Waals surface area contributed by atoms with Crippen LogP contribution in [0.25, 0.3) is 23.0 Å². The van der Waals surface area contributed by atoms with E-state index >= 15 is 0 Å². The van der Waals surface area contributed by atoms with Gasteiger partial charge in [-0.25, -0.2) is 0 Å². The number of aromatic nitrogens is 4. The van der Waals surface area contributed by atoms with E-state index in [2.05, 4.69) is 20.4 Å². The Morgan fingerprint density at radius 3 is 2.39 bits per heavy atom. The predicted octanol–water partition coefficient (Wildman–Crippen LogP) is 2.74. The third-order valence-electron chi connectivity index (χ3n) is 2.65. The Hall–Kier alpha value is -2.43. The largest absolute Gasteiger partial charge is 0.415 e. The summed E-state index contributed by atoms with van der Waals surface area (Å²) in [5.74, 6) is 0.931. The molecule has 5 heteroatoms. The van der Waals surface area contributed by atoms with Gasteiger partial charge in [0.1, 0.15) is 5.69 Å². The molecule has 3 rings (SSSR count). The zero-order valence-corrected chi connectivity index (χ0v) is 10.1. The van der Waals surface area contributed by atoms with E-state index in [4.69, 9.17) is 4.42 Å². The Bertz CT molecular complexity index is 666. The minimum atomic E-state index is 0.426. The highest BCUT2D eigenvalue weighted by Gasteiger charge is 2.12. The van der Waals surface area contributed by atoms with Crippen LogP contribution in [0.3, 0.4) is 0 Å². The van der Waals surface area contributed by atoms with Crippen LogP contribution in [0.15, 0.2) is 34.7 Å². The molecule has 0 aliphatic carbocycles. The molecule has 0 saturated carbocycles. The number of nitrogens with one attached hydrogen (secondary N) is 1. The molecule has 0 aliphatic rings. The summed E-state index contributed by atoms with van der Waals surface area (Å²) in [6, 6.07) is 9.81. The summed E-state index contributed by atoms with van der Waals surface area (Å²) in [6.07, 6.45) is 0. The molecule has 0 amide bonds. The lowest BCUT2D eigenvalue weighted by Gasteiger charge is -1.94. The summed E-state index contributed by atoms with van der Waals surface area (Å²) in [5, 5.41) is 15.0. The smallest absolute Gasteiger partial charge is 0.268 e. The van der Waals surface area contributed by atoms with Crippen molar-refractivity contribution in [2.45, 2.75) is 13.8 Å². The van der Waals surface area contributed by atoms with E-state index in [1.165, 1.54) is 5.56 Å². The molecular weight excluding hydrogens is 228 g/mol. The number of H-pyrrole nitrogens is 1. The second-order valence-electron chi connectivity index (χ2n) is 4.21. The number of benzene rings is 1. The van der Waals surface area contributed by atoms with Gasteiger partial charge in [0.25, 0.3) is 5.89 Å². The van der Waals surface area contributed by atoms with E-state index < -0.39 is 0 Å². The van der Waals surface area contributed by atoms with Crippen molar-refractivity contribution < 1.29 is 4.42 Å². The van der Waals surface area contributed by atoms with Crippen LogP contribution in [0.5, 0.6) is 0 Å². The zero-order valence-electron chi connectivity index (χ0n) is 10.1. The molecule has 0 fully saturated rings. The van der Waals surface area contributed by atoms with E-state index in [1.54, 1.807) is 0 Å². The molecule has 0 unspecified atom stereocenters. The van der Waals surface area contributed by atoms with Crippen LogP contribution >= 0.6 is 0 Å². The average Bonchev–Trinajstić information content (AvgIpc) is 2.98. The summed E-state index contributed by atoms with van der Waals surface area (Å²) in [5.41, 5.74) is 3.73. The van der Waals surface area contributed by atoms with Crippen molar-refractivity contribution >= 4 is 0 Å². The molecule has 0 radical (unpaired) electrons. The molecule has 1 N–H and O–H groups in total. The number of hydrogen-bond donors (Lipinski definition) is 1. The molecule has 3 aromatic rings. The molecule has 18 heavy (non-hydrogen) atoms. The second-order valence-corrected chi connectivity index (χ2v) is 4.21. The number of aryl methyl sites for hydroxylation is 2. The van der Waals surface area contributed by atoms with Crippen molar-refractivity contribution in [3.63, 3.8) is 0 Å². The lowest BCUT2D eigenvalue weighted by Crippen LogP contribution is -1.78. The van der Waals surface area contributed by atoms with E-state index in [0.29, 0.717) is 17.5 Å². The van der Waals surface area contributed by atoms with Crippen molar-refractivity contribution in [2.75, 3.05) is 0 Å². The molecule has 90 valence electrons. The van der Waals surface area contributed by atoms with E-state index in [1.807, 2.05) is 44.2 Å². The SMILES string of the molecule is Cc1ccc(-c2nnc(-c3cc(C)[nH]n3)o2)cc1. The normalized spacial score (nSPS) is 10.8. The highest BCUT2D eigenvalue weighted by atomic mass is 16.4. The van der Waals surface area contributed by atoms with Crippen molar-refractivity contribution in [3.05, 3.63) is 41.6 Å². The average molecular weight is 240 g/mol. The van der Waals surface area contributed by atoms with Gasteiger partial charge in [0.15, 0.2) is 0 Å². The molecule has 0 aliphatic heterocycles. The number of hydrogen-bond acceptors (Lipinski definition) is 4. The van der Waals surface area contributed by atoms with E-state index in [-0.39, 0.29) is 0 Å². The van der Waals surface area contributed by atoms with Gasteiger partial charge in [-0.1, -0.05) is 17.7 Å². The summed E-state index contributed by atoms with van der Waals surface area (Å²) in [6.45, 7) is 3.96. The molecule has 2 heterocycles. The number of aromatic amines is 1. The maximum Gasteiger partial charge on any atom is 0.268 e. The lowest BCUT2D eigenvalue weighted by molar-refractivity contribution is 0.582. The van der Waals surface area contributed by atoms with Crippen molar-refractivity contribution in [1.82, 2.24) is 20.4 Å². The van der Waals surface area contributed by atoms with E-state index in [9.17, 15) is 0 Å². The summed E-state index contributed by atoms with van der Waals surface area (Å²) < 4.78 is 5.60. The Morgan fingerprint density at radius 1 is 1.00 bits per heavy atom. The van der Waals surface area contributed by atoms with Gasteiger partial charge >= 0.3 is 0 Å². The van der Waals surface area contributed by atoms with Crippen molar-refractivity contribution in [1.29, 1.82) is 0 Å². The standard InChI is InChI=1S/C13H12N4O/c1-8-3-5-10(6-4-8)12-16-17-13(18-12)11-7-9(2)14-15-11/h3-7H,1-2H3,(H,14,15). The maximum atomic E-state index is 5.60. The Balaban J connectivity index is 1.96. The second kappa shape index (κ2) is 4.10. The summed E-state index contributed by atoms with van der Waals surface area (Å²) in [7, 11) is 0. The van der Waals surface area contributed by atoms with Gasteiger partial charge in [-0.2, -0.15) is 5.10 Å². The Morgan fingerprint density at radius 2 is 1.72 bits per heavy atom. The minimum Gasteiger partial charge on any atom is -0.415 e. The van der Waals surface area contributed by atoms with Gasteiger partial charge in [0.05, 0.1) is 0 Å². The quantitative estimate of drug-likeness (QED) is 0.747. The zero-order chi connectivity index (χ0) is 12.5. The highest BCUT2D eigenvalue weighted by molar-refractivity contribution is 5.56. The van der Waals surface area contributed by atoms with Crippen molar-refractivity contribution in [3.8, 4) is 23.0 Å². The molecule has 0 spiro atoms. The van der Waals surface area contributed by atoms with E-state index in [0.717, 1.165) is 11.3 Å². The van der Waals surface area contributed by atoms with Gasteiger partial charge in [0.2, 0.25) is 5.89 Å². The first-order valence-electron chi connectivity index (χ1n) is 5.65. The summed E-state index contributed by atoms with van der Waals surface area (Å²) in [4.78, 5) is 0. The van der Waals surface area contributed by atoms with Crippen LogP contribution in [-0.2, 0) is 0 Å². The molecule has 2 aromatic heterocycles. The number of rotatable bonds is 2. The van der Waals surface area contributed by atoms with Gasteiger partial charge in [0, 0.05) is 11.3 Å². The topological polar surface area (TPSA) is 67.6 Å². The fraction of sp³-hybridized carbons (Fsp3) is 0.154. The highest BCUT2D eigenvalue weighted by Crippen LogP contribution is 2.22. The molecular formula is C13H12N4O. The first-order chi connectivity index (χ1) is 8.72. The van der Waals surface area contributed by atoms with Crippen molar-refractivity contribution in [2.24, 2.45) is 0 Å². The Kier molecular flexibility index (Phi) is 2.44. The fourth-order valence-corrected chi connectivity index (χ4v) is 1.67. The molecule has 1 aromatic carbocycles. The van der Waals surface area contributed by atoms with Gasteiger partial charge in [-0.15, -0.1) is 10.2 Å². The first-order valence-corrected chi connectivity index (χ1v) is 5.65. The van der Waals surface area contributed by atoms with Gasteiger partial charge < -0.3 is 4.42 Å². The maximum absolute atomic E-state index is 5.60. The fourth-order valence-electron chi connectivity index (χ4n) is 1.67. The third-order valence-corrected chi connectivity index (χ3v) is 2.65. The molecule has 0 atom stereocenters. The molecule has 0 saturated heterocycles. The van der Waals surface area contributed by atoms with Crippen LogP contribution in [0.2, 0.25) is 0 Å². The molecule has 0 bridgehead atoms. The first kappa shape index (κ1) is 10.7. The summed E-state index contributed by atoms with van der Waals surface area (Å²) >= 11 is 0. The lowest BCUT2D eigenvalue weighted by atomic mass is 10.1. The molecule has 5 nitrogen and oxygen atoms in total. The predicted molar refractivity (Wildman–Crippen MR) is 66.8 cm³/mol. The van der Waals surface area contributed by atoms with Crippen LogP contribution in [0, 0.1) is 13.8 Å². The van der Waals surface area contributed by atoms with Gasteiger partial charge in [-0.3, -0.25) is 5.10 Å².